The molecule has 104 valence electrons. The number of aromatic nitrogens is 2. The van der Waals surface area contributed by atoms with E-state index in [4.69, 9.17) is 21.4 Å². The molecule has 0 aliphatic heterocycles. The number of aliphatic hydroxyl groups is 1. The zero-order valence-electron chi connectivity index (χ0n) is 11.1. The Labute approximate surface area is 118 Å². The van der Waals surface area contributed by atoms with Crippen molar-refractivity contribution in [1.29, 1.82) is 0 Å². The Hall–Kier alpha value is -1.10. The highest BCUT2D eigenvalue weighted by atomic mass is 35.5. The lowest BCUT2D eigenvalue weighted by atomic mass is 10.3. The highest BCUT2D eigenvalue weighted by Gasteiger charge is 2.10. The maximum atomic E-state index is 8.97. The number of nitrogens with zero attached hydrogens (tertiary/aromatic N) is 2. The summed E-state index contributed by atoms with van der Waals surface area (Å²) in [5.41, 5.74) is 2.01. The second-order valence-corrected chi connectivity index (χ2v) is 4.92. The summed E-state index contributed by atoms with van der Waals surface area (Å²) in [6.07, 6.45) is 2.44. The van der Waals surface area contributed by atoms with Crippen molar-refractivity contribution in [2.24, 2.45) is 0 Å². The second kappa shape index (κ2) is 6.89. The average Bonchev–Trinajstić information content (AvgIpc) is 2.74. The van der Waals surface area contributed by atoms with Crippen LogP contribution in [0.15, 0.2) is 18.2 Å². The van der Waals surface area contributed by atoms with Gasteiger partial charge in [-0.05, 0) is 31.0 Å². The zero-order valence-corrected chi connectivity index (χ0v) is 11.9. The molecule has 2 aromatic rings. The van der Waals surface area contributed by atoms with Gasteiger partial charge in [0.05, 0.1) is 11.0 Å². The quantitative estimate of drug-likeness (QED) is 0.794. The van der Waals surface area contributed by atoms with Crippen LogP contribution in [0.4, 0.5) is 0 Å². The number of hydrogen-bond donors (Lipinski definition) is 1. The van der Waals surface area contributed by atoms with Gasteiger partial charge < -0.3 is 14.4 Å². The maximum absolute atomic E-state index is 8.97. The molecule has 0 bridgehead atoms. The van der Waals surface area contributed by atoms with E-state index in [-0.39, 0.29) is 6.61 Å². The van der Waals surface area contributed by atoms with Crippen molar-refractivity contribution >= 4 is 22.6 Å². The molecular weight excluding hydrogens is 264 g/mol. The molecular formula is C14H19ClN2O2. The number of imidazole rings is 1. The molecule has 0 amide bonds. The average molecular weight is 283 g/mol. The molecule has 4 nitrogen and oxygen atoms in total. The number of benzene rings is 1. The Kier molecular flexibility index (Phi) is 5.19. The first-order chi connectivity index (χ1) is 9.26. The van der Waals surface area contributed by atoms with E-state index in [1.54, 1.807) is 7.11 Å². The number of methoxy groups -OCH3 is 1. The summed E-state index contributed by atoms with van der Waals surface area (Å²) in [5.74, 6) is 1.00. The summed E-state index contributed by atoms with van der Waals surface area (Å²) in [6.45, 7) is 1.78. The van der Waals surface area contributed by atoms with Crippen molar-refractivity contribution in [3.8, 4) is 0 Å². The number of ether oxygens (including phenoxy) is 1. The summed E-state index contributed by atoms with van der Waals surface area (Å²) in [6, 6.07) is 5.76. The third-order valence-corrected chi connectivity index (χ3v) is 3.31. The molecule has 5 heteroatoms. The number of aliphatic hydroxyl groups excluding tert-OH is 1. The van der Waals surface area contributed by atoms with Crippen LogP contribution in [0.5, 0.6) is 0 Å². The molecule has 0 radical (unpaired) electrons. The Morgan fingerprint density at radius 2 is 2.21 bits per heavy atom. The number of hydrogen-bond acceptors (Lipinski definition) is 3. The van der Waals surface area contributed by atoms with Gasteiger partial charge in [-0.3, -0.25) is 0 Å². The van der Waals surface area contributed by atoms with Crippen LogP contribution in [0, 0.1) is 0 Å². The van der Waals surface area contributed by atoms with E-state index in [0.29, 0.717) is 5.02 Å². The first kappa shape index (κ1) is 14.3. The molecule has 0 atom stereocenters. The van der Waals surface area contributed by atoms with Gasteiger partial charge in [0.15, 0.2) is 0 Å². The first-order valence-corrected chi connectivity index (χ1v) is 6.88. The van der Waals surface area contributed by atoms with Gasteiger partial charge in [0.1, 0.15) is 5.82 Å². The molecule has 0 saturated heterocycles. The molecule has 1 aromatic carbocycles. The predicted octanol–water partition coefficient (Wildman–Crippen LogP) is 2.65. The summed E-state index contributed by atoms with van der Waals surface area (Å²) >= 11 is 6.00. The van der Waals surface area contributed by atoms with Gasteiger partial charge in [0.2, 0.25) is 0 Å². The van der Waals surface area contributed by atoms with E-state index < -0.39 is 0 Å². The molecule has 0 unspecified atom stereocenters. The van der Waals surface area contributed by atoms with Crippen LogP contribution in [0.25, 0.3) is 11.0 Å². The molecule has 0 aliphatic rings. The van der Waals surface area contributed by atoms with Gasteiger partial charge in [0.25, 0.3) is 0 Å². The topological polar surface area (TPSA) is 47.3 Å². The third-order valence-electron chi connectivity index (χ3n) is 3.08. The van der Waals surface area contributed by atoms with E-state index >= 15 is 0 Å². The van der Waals surface area contributed by atoms with Crippen LogP contribution in [0.2, 0.25) is 5.02 Å². The first-order valence-electron chi connectivity index (χ1n) is 6.50. The molecule has 0 spiro atoms. The number of halogens is 1. The van der Waals surface area contributed by atoms with Crippen molar-refractivity contribution in [2.45, 2.75) is 25.8 Å². The van der Waals surface area contributed by atoms with Crippen molar-refractivity contribution in [2.75, 3.05) is 20.3 Å². The van der Waals surface area contributed by atoms with Crippen molar-refractivity contribution in [3.63, 3.8) is 0 Å². The van der Waals surface area contributed by atoms with E-state index in [1.807, 2.05) is 18.2 Å². The van der Waals surface area contributed by atoms with Crippen molar-refractivity contribution < 1.29 is 9.84 Å². The molecule has 0 fully saturated rings. The highest BCUT2D eigenvalue weighted by molar-refractivity contribution is 6.31. The lowest BCUT2D eigenvalue weighted by Crippen LogP contribution is -2.07. The van der Waals surface area contributed by atoms with E-state index in [2.05, 4.69) is 9.55 Å². The summed E-state index contributed by atoms with van der Waals surface area (Å²) in [4.78, 5) is 4.62. The normalized spacial score (nSPS) is 11.3. The highest BCUT2D eigenvalue weighted by Crippen LogP contribution is 2.21. The smallest absolute Gasteiger partial charge is 0.109 e. The molecule has 19 heavy (non-hydrogen) atoms. The summed E-state index contributed by atoms with van der Waals surface area (Å²) in [7, 11) is 1.71. The van der Waals surface area contributed by atoms with E-state index in [0.717, 1.165) is 49.3 Å². The second-order valence-electron chi connectivity index (χ2n) is 4.49. The van der Waals surface area contributed by atoms with Gasteiger partial charge in [-0.15, -0.1) is 0 Å². The molecule has 1 N–H and O–H groups in total. The van der Waals surface area contributed by atoms with Crippen LogP contribution < -0.4 is 0 Å². The maximum Gasteiger partial charge on any atom is 0.109 e. The molecule has 0 saturated carbocycles. The van der Waals surface area contributed by atoms with Gasteiger partial charge in [0, 0.05) is 38.3 Å². The lowest BCUT2D eigenvalue weighted by molar-refractivity contribution is 0.190. The summed E-state index contributed by atoms with van der Waals surface area (Å²) in [5, 5.41) is 9.67. The number of fused-ring (bicyclic) bond motifs is 1. The van der Waals surface area contributed by atoms with Crippen LogP contribution in [0.1, 0.15) is 18.7 Å². The fraction of sp³-hybridized carbons (Fsp3) is 0.500. The Morgan fingerprint density at radius 1 is 1.37 bits per heavy atom. The van der Waals surface area contributed by atoms with Crippen LogP contribution in [0.3, 0.4) is 0 Å². The monoisotopic (exact) mass is 282 g/mol. The van der Waals surface area contributed by atoms with Crippen LogP contribution >= 0.6 is 11.6 Å². The Morgan fingerprint density at radius 3 is 2.95 bits per heavy atom. The predicted molar refractivity (Wildman–Crippen MR) is 76.6 cm³/mol. The fourth-order valence-corrected chi connectivity index (χ4v) is 2.36. The van der Waals surface area contributed by atoms with Crippen molar-refractivity contribution in [3.05, 3.63) is 29.0 Å². The van der Waals surface area contributed by atoms with Gasteiger partial charge >= 0.3 is 0 Å². The fourth-order valence-electron chi connectivity index (χ4n) is 2.20. The van der Waals surface area contributed by atoms with Gasteiger partial charge in [-0.25, -0.2) is 4.98 Å². The minimum absolute atomic E-state index is 0.183. The van der Waals surface area contributed by atoms with Crippen LogP contribution in [-0.4, -0.2) is 35.0 Å². The lowest BCUT2D eigenvalue weighted by Gasteiger charge is -2.08. The number of rotatable bonds is 7. The van der Waals surface area contributed by atoms with E-state index in [1.165, 1.54) is 0 Å². The van der Waals surface area contributed by atoms with E-state index in [9.17, 15) is 0 Å². The summed E-state index contributed by atoms with van der Waals surface area (Å²) < 4.78 is 7.29. The van der Waals surface area contributed by atoms with Crippen LogP contribution in [-0.2, 0) is 17.7 Å². The SMILES string of the molecule is COCCCn1c(CCCO)nc2cc(Cl)ccc21. The molecule has 1 aromatic heterocycles. The Bertz CT molecular complexity index is 539. The van der Waals surface area contributed by atoms with Crippen molar-refractivity contribution in [1.82, 2.24) is 9.55 Å². The van der Waals surface area contributed by atoms with Gasteiger partial charge in [-0.2, -0.15) is 0 Å². The minimum Gasteiger partial charge on any atom is -0.396 e. The molecule has 1 heterocycles. The molecule has 2 rings (SSSR count). The standard InChI is InChI=1S/C14H19ClN2O2/c1-19-9-3-7-17-13-6-5-11(15)10-12(13)16-14(17)4-2-8-18/h5-6,10,18H,2-4,7-9H2,1H3. The number of aryl methyl sites for hydroxylation is 2. The molecule has 0 aliphatic carbocycles. The minimum atomic E-state index is 0.183. The third kappa shape index (κ3) is 3.47. The largest absolute Gasteiger partial charge is 0.396 e. The van der Waals surface area contributed by atoms with Gasteiger partial charge in [-0.1, -0.05) is 11.6 Å². The zero-order chi connectivity index (χ0) is 13.7. The Balaban J connectivity index is 2.31.